The minimum atomic E-state index is -0.187. The van der Waals surface area contributed by atoms with Gasteiger partial charge in [0.05, 0.1) is 13.0 Å². The molecule has 2 aromatic carbocycles. The van der Waals surface area contributed by atoms with Gasteiger partial charge in [-0.15, -0.1) is 0 Å². The number of amides is 2. The monoisotopic (exact) mass is 277 g/mol. The summed E-state index contributed by atoms with van der Waals surface area (Å²) >= 11 is 0. The summed E-state index contributed by atoms with van der Waals surface area (Å²) in [5.74, 6) is -0.321. The molecule has 0 N–H and O–H groups in total. The maximum absolute atomic E-state index is 12.4. The number of carbonyl (C=O) groups excluding carboxylic acids is 2. The smallest absolute Gasteiger partial charge is 0.257 e. The first kappa shape index (κ1) is 13.3. The van der Waals surface area contributed by atoms with E-state index >= 15 is 0 Å². The molecule has 2 aromatic rings. The van der Waals surface area contributed by atoms with Crippen molar-refractivity contribution in [1.82, 2.24) is 4.90 Å². The van der Waals surface area contributed by atoms with Crippen LogP contribution in [-0.4, -0.2) is 16.7 Å². The minimum absolute atomic E-state index is 0.133. The zero-order valence-corrected chi connectivity index (χ0v) is 11.5. The average Bonchev–Trinajstić information content (AvgIpc) is 2.77. The van der Waals surface area contributed by atoms with Crippen LogP contribution in [0.4, 0.5) is 0 Å². The third kappa shape index (κ3) is 2.92. The molecule has 0 atom stereocenters. The van der Waals surface area contributed by atoms with Crippen molar-refractivity contribution in [2.24, 2.45) is 0 Å². The van der Waals surface area contributed by atoms with Gasteiger partial charge in [0.25, 0.3) is 5.91 Å². The van der Waals surface area contributed by atoms with E-state index < -0.39 is 0 Å². The van der Waals surface area contributed by atoms with Crippen LogP contribution in [0, 0.1) is 0 Å². The highest BCUT2D eigenvalue weighted by Gasteiger charge is 2.33. The fourth-order valence-electron chi connectivity index (χ4n) is 2.41. The molecule has 0 spiro atoms. The lowest BCUT2D eigenvalue weighted by Crippen LogP contribution is -2.28. The first-order valence-corrected chi connectivity index (χ1v) is 6.88. The van der Waals surface area contributed by atoms with Gasteiger partial charge in [0.2, 0.25) is 5.91 Å². The summed E-state index contributed by atoms with van der Waals surface area (Å²) in [7, 11) is 0. The van der Waals surface area contributed by atoms with Crippen LogP contribution in [0.2, 0.25) is 0 Å². The summed E-state index contributed by atoms with van der Waals surface area (Å²) in [6.45, 7) is 0.338. The quantitative estimate of drug-likeness (QED) is 0.639. The molecular weight excluding hydrogens is 262 g/mol. The average molecular weight is 277 g/mol. The van der Waals surface area contributed by atoms with Crippen LogP contribution in [0.5, 0.6) is 0 Å². The molecule has 104 valence electrons. The van der Waals surface area contributed by atoms with Gasteiger partial charge in [-0.05, 0) is 17.2 Å². The molecule has 3 rings (SSSR count). The largest absolute Gasteiger partial charge is 0.274 e. The van der Waals surface area contributed by atoms with E-state index in [-0.39, 0.29) is 18.2 Å². The van der Waals surface area contributed by atoms with E-state index in [1.54, 1.807) is 6.08 Å². The maximum Gasteiger partial charge on any atom is 0.257 e. The van der Waals surface area contributed by atoms with Crippen LogP contribution in [0.25, 0.3) is 6.08 Å². The molecule has 0 saturated carbocycles. The topological polar surface area (TPSA) is 37.4 Å². The zero-order valence-electron chi connectivity index (χ0n) is 11.5. The summed E-state index contributed by atoms with van der Waals surface area (Å²) in [5.41, 5.74) is 2.46. The van der Waals surface area contributed by atoms with Crippen LogP contribution >= 0.6 is 0 Å². The van der Waals surface area contributed by atoms with Crippen molar-refractivity contribution >= 4 is 17.9 Å². The fraction of sp³-hybridized carbons (Fsp3) is 0.111. The Morgan fingerprint density at radius 3 is 2.19 bits per heavy atom. The highest BCUT2D eigenvalue weighted by molar-refractivity contribution is 6.15. The van der Waals surface area contributed by atoms with Crippen LogP contribution in [0.15, 0.2) is 66.2 Å². The van der Waals surface area contributed by atoms with E-state index in [4.69, 9.17) is 0 Å². The molecule has 0 aromatic heterocycles. The van der Waals surface area contributed by atoms with Gasteiger partial charge < -0.3 is 0 Å². The highest BCUT2D eigenvalue weighted by atomic mass is 16.2. The first-order chi connectivity index (χ1) is 10.2. The molecule has 1 aliphatic rings. The number of imide groups is 1. The number of nitrogens with zero attached hydrogens (tertiary/aromatic N) is 1. The van der Waals surface area contributed by atoms with E-state index in [0.29, 0.717) is 12.1 Å². The number of rotatable bonds is 3. The Morgan fingerprint density at radius 2 is 1.52 bits per heavy atom. The van der Waals surface area contributed by atoms with Crippen molar-refractivity contribution in [3.8, 4) is 0 Å². The number of hydrogen-bond acceptors (Lipinski definition) is 2. The van der Waals surface area contributed by atoms with Crippen molar-refractivity contribution in [2.75, 3.05) is 0 Å². The van der Waals surface area contributed by atoms with E-state index in [2.05, 4.69) is 0 Å². The molecule has 0 radical (unpaired) electrons. The van der Waals surface area contributed by atoms with E-state index in [1.807, 2.05) is 60.7 Å². The Labute approximate surface area is 123 Å². The second-order valence-corrected chi connectivity index (χ2v) is 5.03. The highest BCUT2D eigenvalue weighted by Crippen LogP contribution is 2.23. The van der Waals surface area contributed by atoms with E-state index in [1.165, 1.54) is 4.90 Å². The van der Waals surface area contributed by atoms with Crippen molar-refractivity contribution in [1.29, 1.82) is 0 Å². The number of carbonyl (C=O) groups is 2. The van der Waals surface area contributed by atoms with Crippen molar-refractivity contribution < 1.29 is 9.59 Å². The Kier molecular flexibility index (Phi) is 3.65. The predicted octanol–water partition coefficient (Wildman–Crippen LogP) is 3.03. The fourth-order valence-corrected chi connectivity index (χ4v) is 2.41. The SMILES string of the molecule is O=C1C/C(=C\c2ccccc2)C(=O)N1Cc1ccccc1. The molecule has 0 aliphatic carbocycles. The standard InChI is InChI=1S/C18H15NO2/c20-17-12-16(11-14-7-3-1-4-8-14)18(21)19(17)13-15-9-5-2-6-10-15/h1-11H,12-13H2/b16-11+. The summed E-state index contributed by atoms with van der Waals surface area (Å²) in [6, 6.07) is 19.1. The molecule has 1 fully saturated rings. The van der Waals surface area contributed by atoms with Gasteiger partial charge in [0.15, 0.2) is 0 Å². The minimum Gasteiger partial charge on any atom is -0.274 e. The van der Waals surface area contributed by atoms with E-state index in [0.717, 1.165) is 11.1 Å². The number of benzene rings is 2. The molecule has 1 aliphatic heterocycles. The predicted molar refractivity (Wildman–Crippen MR) is 81.0 cm³/mol. The Hall–Kier alpha value is -2.68. The van der Waals surface area contributed by atoms with Crippen molar-refractivity contribution in [2.45, 2.75) is 13.0 Å². The normalized spacial score (nSPS) is 16.8. The third-order valence-electron chi connectivity index (χ3n) is 3.49. The molecule has 21 heavy (non-hydrogen) atoms. The van der Waals surface area contributed by atoms with Gasteiger partial charge in [-0.1, -0.05) is 60.7 Å². The van der Waals surface area contributed by atoms with Gasteiger partial charge in [-0.2, -0.15) is 0 Å². The van der Waals surface area contributed by atoms with Crippen molar-refractivity contribution in [3.63, 3.8) is 0 Å². The Bertz CT molecular complexity index is 690. The van der Waals surface area contributed by atoms with Gasteiger partial charge >= 0.3 is 0 Å². The summed E-state index contributed by atoms with van der Waals surface area (Å²) in [5, 5.41) is 0. The van der Waals surface area contributed by atoms with Crippen LogP contribution in [0.1, 0.15) is 17.5 Å². The lowest BCUT2D eigenvalue weighted by atomic mass is 10.1. The second kappa shape index (κ2) is 5.75. The molecule has 0 unspecified atom stereocenters. The Morgan fingerprint density at radius 1 is 0.905 bits per heavy atom. The van der Waals surface area contributed by atoms with Gasteiger partial charge in [0.1, 0.15) is 0 Å². The molecular formula is C18H15NO2. The van der Waals surface area contributed by atoms with Gasteiger partial charge in [-0.3, -0.25) is 14.5 Å². The molecule has 0 bridgehead atoms. The molecule has 1 saturated heterocycles. The lowest BCUT2D eigenvalue weighted by Gasteiger charge is -2.13. The molecule has 2 amide bonds. The second-order valence-electron chi connectivity index (χ2n) is 5.03. The molecule has 3 nitrogen and oxygen atoms in total. The van der Waals surface area contributed by atoms with E-state index in [9.17, 15) is 9.59 Å². The number of likely N-dealkylation sites (tertiary alicyclic amines) is 1. The third-order valence-corrected chi connectivity index (χ3v) is 3.49. The van der Waals surface area contributed by atoms with Crippen LogP contribution in [-0.2, 0) is 16.1 Å². The number of hydrogen-bond donors (Lipinski definition) is 0. The lowest BCUT2D eigenvalue weighted by molar-refractivity contribution is -0.138. The van der Waals surface area contributed by atoms with Gasteiger partial charge in [0, 0.05) is 5.57 Å². The summed E-state index contributed by atoms with van der Waals surface area (Å²) < 4.78 is 0. The summed E-state index contributed by atoms with van der Waals surface area (Å²) in [6.07, 6.45) is 1.98. The van der Waals surface area contributed by atoms with Crippen LogP contribution < -0.4 is 0 Å². The zero-order chi connectivity index (χ0) is 14.7. The molecule has 3 heteroatoms. The maximum atomic E-state index is 12.4. The first-order valence-electron chi connectivity index (χ1n) is 6.88. The summed E-state index contributed by atoms with van der Waals surface area (Å²) in [4.78, 5) is 25.7. The molecule has 1 heterocycles. The Balaban J connectivity index is 1.81. The van der Waals surface area contributed by atoms with Gasteiger partial charge in [-0.25, -0.2) is 0 Å². The van der Waals surface area contributed by atoms with Crippen molar-refractivity contribution in [3.05, 3.63) is 77.4 Å². The van der Waals surface area contributed by atoms with Crippen LogP contribution in [0.3, 0.4) is 0 Å².